The molecule has 7 heteroatoms. The van der Waals surface area contributed by atoms with Crippen LogP contribution in [0.1, 0.15) is 37.0 Å². The van der Waals surface area contributed by atoms with Crippen molar-refractivity contribution < 1.29 is 4.92 Å². The molecule has 0 amide bonds. The Kier molecular flexibility index (Phi) is 3.73. The van der Waals surface area contributed by atoms with Crippen LogP contribution in [0.2, 0.25) is 0 Å². The minimum Gasteiger partial charge on any atom is -0.281 e. The number of fused-ring (bicyclic) bond motifs is 1. The number of thiazole rings is 1. The van der Waals surface area contributed by atoms with Crippen LogP contribution in [-0.2, 0) is 5.41 Å². The predicted octanol–water partition coefficient (Wildman–Crippen LogP) is 4.40. The minimum atomic E-state index is -0.407. The van der Waals surface area contributed by atoms with E-state index in [0.717, 1.165) is 21.0 Å². The summed E-state index contributed by atoms with van der Waals surface area (Å²) in [6.07, 6.45) is 5.67. The van der Waals surface area contributed by atoms with Gasteiger partial charge in [-0.2, -0.15) is 5.10 Å². The first kappa shape index (κ1) is 15.4. The predicted molar refractivity (Wildman–Crippen MR) is 92.5 cm³/mol. The topological polar surface area (TPSA) is 84.7 Å². The highest BCUT2D eigenvalue weighted by atomic mass is 32.1. The molecule has 0 bridgehead atoms. The molecule has 0 spiro atoms. The number of benzene rings is 1. The van der Waals surface area contributed by atoms with E-state index < -0.39 is 4.92 Å². The van der Waals surface area contributed by atoms with Gasteiger partial charge in [0.2, 0.25) is 0 Å². The Morgan fingerprint density at radius 3 is 2.78 bits per heavy atom. The summed E-state index contributed by atoms with van der Waals surface area (Å²) >= 11 is 1.50. The first-order valence-corrected chi connectivity index (χ1v) is 7.93. The second kappa shape index (κ2) is 5.58. The van der Waals surface area contributed by atoms with Crippen LogP contribution >= 0.6 is 11.3 Å². The lowest BCUT2D eigenvalue weighted by Gasteiger charge is -2.16. The van der Waals surface area contributed by atoms with Crippen LogP contribution in [0.5, 0.6) is 0 Å². The normalized spacial score (nSPS) is 12.3. The fourth-order valence-corrected chi connectivity index (χ4v) is 3.15. The Balaban J connectivity index is 1.93. The highest BCUT2D eigenvalue weighted by molar-refractivity contribution is 7.19. The summed E-state index contributed by atoms with van der Waals surface area (Å²) < 4.78 is 0.929. The lowest BCUT2D eigenvalue weighted by Crippen LogP contribution is -2.13. The fraction of sp³-hybridized carbons (Fsp3) is 0.250. The van der Waals surface area contributed by atoms with E-state index in [1.807, 2.05) is 12.2 Å². The lowest BCUT2D eigenvalue weighted by molar-refractivity contribution is -0.384. The van der Waals surface area contributed by atoms with Gasteiger partial charge >= 0.3 is 0 Å². The van der Waals surface area contributed by atoms with Gasteiger partial charge in [0.1, 0.15) is 5.01 Å². The molecule has 0 aliphatic carbocycles. The van der Waals surface area contributed by atoms with Gasteiger partial charge in [0.15, 0.2) is 0 Å². The SMILES string of the molecule is CC(C)(C)c1[nH]ncc1/C=C/c1nc2cc([N+](=O)[O-])ccc2s1. The van der Waals surface area contributed by atoms with Crippen molar-refractivity contribution in [1.82, 2.24) is 15.2 Å². The number of aromatic amines is 1. The zero-order valence-electron chi connectivity index (χ0n) is 13.0. The van der Waals surface area contributed by atoms with Gasteiger partial charge in [-0.1, -0.05) is 20.8 Å². The maximum absolute atomic E-state index is 10.8. The van der Waals surface area contributed by atoms with Crippen LogP contribution in [0, 0.1) is 10.1 Å². The average molecular weight is 328 g/mol. The number of rotatable bonds is 3. The minimum absolute atomic E-state index is 0.0234. The highest BCUT2D eigenvalue weighted by Crippen LogP contribution is 2.28. The molecule has 0 atom stereocenters. The summed E-state index contributed by atoms with van der Waals surface area (Å²) in [5, 5.41) is 18.8. The van der Waals surface area contributed by atoms with Crippen LogP contribution in [-0.4, -0.2) is 20.1 Å². The second-order valence-corrected chi connectivity index (χ2v) is 7.31. The molecular formula is C16H16N4O2S. The molecule has 0 fully saturated rings. The first-order chi connectivity index (χ1) is 10.8. The van der Waals surface area contributed by atoms with Crippen molar-refractivity contribution in [3.8, 4) is 0 Å². The van der Waals surface area contributed by atoms with Crippen molar-refractivity contribution in [1.29, 1.82) is 0 Å². The van der Waals surface area contributed by atoms with E-state index in [4.69, 9.17) is 0 Å². The summed E-state index contributed by atoms with van der Waals surface area (Å²) in [5.74, 6) is 0. The second-order valence-electron chi connectivity index (χ2n) is 6.24. The molecule has 1 aromatic carbocycles. The van der Waals surface area contributed by atoms with Gasteiger partial charge in [0.25, 0.3) is 5.69 Å². The summed E-state index contributed by atoms with van der Waals surface area (Å²) in [6, 6.07) is 4.74. The zero-order chi connectivity index (χ0) is 16.6. The van der Waals surface area contributed by atoms with Gasteiger partial charge < -0.3 is 0 Å². The number of nitrogens with one attached hydrogen (secondary N) is 1. The number of nitrogens with zero attached hydrogens (tertiary/aromatic N) is 3. The van der Waals surface area contributed by atoms with Crippen LogP contribution in [0.25, 0.3) is 22.4 Å². The van der Waals surface area contributed by atoms with E-state index in [1.54, 1.807) is 12.3 Å². The summed E-state index contributed by atoms with van der Waals surface area (Å²) in [4.78, 5) is 14.9. The van der Waals surface area contributed by atoms with E-state index >= 15 is 0 Å². The maximum Gasteiger partial charge on any atom is 0.271 e. The molecule has 3 rings (SSSR count). The van der Waals surface area contributed by atoms with Gasteiger partial charge in [0.05, 0.1) is 21.3 Å². The Bertz CT molecular complexity index is 902. The average Bonchev–Trinajstić information content (AvgIpc) is 3.09. The molecule has 0 saturated heterocycles. The Morgan fingerprint density at radius 2 is 2.09 bits per heavy atom. The number of hydrogen-bond acceptors (Lipinski definition) is 5. The Morgan fingerprint density at radius 1 is 1.30 bits per heavy atom. The molecule has 0 aliphatic rings. The molecule has 0 radical (unpaired) electrons. The van der Waals surface area contributed by atoms with E-state index in [1.165, 1.54) is 23.5 Å². The molecule has 118 valence electrons. The standard InChI is InChI=1S/C16H16N4O2S/c1-16(2,3)15-10(9-17-19-15)4-7-14-18-12-8-11(20(21)22)5-6-13(12)23-14/h4-9H,1-3H3,(H,17,19)/b7-4+. The molecule has 0 aliphatic heterocycles. The van der Waals surface area contributed by atoms with E-state index in [2.05, 4.69) is 36.0 Å². The number of hydrogen-bond donors (Lipinski definition) is 1. The number of H-pyrrole nitrogens is 1. The van der Waals surface area contributed by atoms with Gasteiger partial charge in [0, 0.05) is 28.8 Å². The number of non-ortho nitro benzene ring substituents is 1. The third-order valence-electron chi connectivity index (χ3n) is 3.42. The van der Waals surface area contributed by atoms with Crippen LogP contribution in [0.4, 0.5) is 5.69 Å². The van der Waals surface area contributed by atoms with Gasteiger partial charge in [-0.3, -0.25) is 15.2 Å². The first-order valence-electron chi connectivity index (χ1n) is 7.11. The lowest BCUT2D eigenvalue weighted by atomic mass is 9.89. The molecular weight excluding hydrogens is 312 g/mol. The largest absolute Gasteiger partial charge is 0.281 e. The Hall–Kier alpha value is -2.54. The zero-order valence-corrected chi connectivity index (χ0v) is 13.8. The summed E-state index contributed by atoms with van der Waals surface area (Å²) in [7, 11) is 0. The number of nitro groups is 1. The number of aromatic nitrogens is 3. The van der Waals surface area contributed by atoms with E-state index in [9.17, 15) is 10.1 Å². The third kappa shape index (κ3) is 3.14. The van der Waals surface area contributed by atoms with Crippen LogP contribution in [0.15, 0.2) is 24.4 Å². The molecule has 0 saturated carbocycles. The molecule has 2 heterocycles. The number of nitro benzene ring substituents is 1. The van der Waals surface area contributed by atoms with Gasteiger partial charge in [-0.25, -0.2) is 4.98 Å². The van der Waals surface area contributed by atoms with Crippen molar-refractivity contribution in [2.24, 2.45) is 0 Å². The van der Waals surface area contributed by atoms with Crippen molar-refractivity contribution >= 4 is 39.4 Å². The summed E-state index contributed by atoms with van der Waals surface area (Å²) in [5.41, 5.74) is 2.76. The quantitative estimate of drug-likeness (QED) is 0.570. The summed E-state index contributed by atoms with van der Waals surface area (Å²) in [6.45, 7) is 6.36. The van der Waals surface area contributed by atoms with Crippen molar-refractivity contribution in [2.45, 2.75) is 26.2 Å². The molecule has 3 aromatic rings. The maximum atomic E-state index is 10.8. The van der Waals surface area contributed by atoms with Gasteiger partial charge in [-0.15, -0.1) is 11.3 Å². The molecule has 1 N–H and O–H groups in total. The van der Waals surface area contributed by atoms with Crippen molar-refractivity contribution in [2.75, 3.05) is 0 Å². The fourth-order valence-electron chi connectivity index (χ4n) is 2.30. The molecule has 23 heavy (non-hydrogen) atoms. The molecule has 0 unspecified atom stereocenters. The molecule has 2 aromatic heterocycles. The van der Waals surface area contributed by atoms with E-state index in [-0.39, 0.29) is 11.1 Å². The van der Waals surface area contributed by atoms with Crippen LogP contribution in [0.3, 0.4) is 0 Å². The monoisotopic (exact) mass is 328 g/mol. The van der Waals surface area contributed by atoms with Crippen LogP contribution < -0.4 is 0 Å². The Labute approximate surface area is 137 Å². The van der Waals surface area contributed by atoms with Crippen molar-refractivity contribution in [3.63, 3.8) is 0 Å². The van der Waals surface area contributed by atoms with Gasteiger partial charge in [-0.05, 0) is 18.2 Å². The highest BCUT2D eigenvalue weighted by Gasteiger charge is 2.18. The van der Waals surface area contributed by atoms with E-state index in [0.29, 0.717) is 5.52 Å². The third-order valence-corrected chi connectivity index (χ3v) is 4.42. The van der Waals surface area contributed by atoms with Crippen molar-refractivity contribution in [3.05, 3.63) is 50.8 Å². The molecule has 6 nitrogen and oxygen atoms in total. The smallest absolute Gasteiger partial charge is 0.271 e.